The standard InChI is InChI=1S/C16H17N5O/c1-12(18-16(22)10-21-11-17-19-20-21)8-13-6-7-14-4-2-3-5-15(14)9-13/h2-7,9,11-12H,8,10H2,1H3,(H,18,22). The van der Waals surface area contributed by atoms with E-state index in [0.29, 0.717) is 0 Å². The van der Waals surface area contributed by atoms with Crippen molar-refractivity contribution >= 4 is 16.7 Å². The van der Waals surface area contributed by atoms with Gasteiger partial charge >= 0.3 is 0 Å². The molecule has 1 amide bonds. The molecule has 1 N–H and O–H groups in total. The van der Waals surface area contributed by atoms with Gasteiger partial charge in [-0.15, -0.1) is 5.10 Å². The van der Waals surface area contributed by atoms with E-state index >= 15 is 0 Å². The maximum atomic E-state index is 11.9. The molecule has 3 aromatic rings. The van der Waals surface area contributed by atoms with Crippen molar-refractivity contribution in [3.8, 4) is 0 Å². The third-order valence-electron chi connectivity index (χ3n) is 3.46. The van der Waals surface area contributed by atoms with Crippen LogP contribution < -0.4 is 5.32 Å². The number of carbonyl (C=O) groups excluding carboxylic acids is 1. The molecule has 0 saturated heterocycles. The van der Waals surface area contributed by atoms with Gasteiger partial charge in [0.25, 0.3) is 0 Å². The summed E-state index contributed by atoms with van der Waals surface area (Å²) in [6, 6.07) is 14.7. The lowest BCUT2D eigenvalue weighted by molar-refractivity contribution is -0.122. The Kier molecular flexibility index (Phi) is 4.09. The van der Waals surface area contributed by atoms with Gasteiger partial charge in [-0.3, -0.25) is 4.79 Å². The molecule has 0 aliphatic heterocycles. The molecule has 1 aromatic heterocycles. The summed E-state index contributed by atoms with van der Waals surface area (Å²) in [4.78, 5) is 11.9. The number of amides is 1. The summed E-state index contributed by atoms with van der Waals surface area (Å²) >= 11 is 0. The summed E-state index contributed by atoms with van der Waals surface area (Å²) in [6.45, 7) is 2.13. The van der Waals surface area contributed by atoms with Crippen molar-refractivity contribution < 1.29 is 4.79 Å². The lowest BCUT2D eigenvalue weighted by Crippen LogP contribution is -2.36. The summed E-state index contributed by atoms with van der Waals surface area (Å²) in [6.07, 6.45) is 2.21. The molecule has 0 radical (unpaired) electrons. The number of nitrogens with one attached hydrogen (secondary N) is 1. The SMILES string of the molecule is CC(Cc1ccc2ccccc2c1)NC(=O)Cn1cnnn1. The Labute approximate surface area is 128 Å². The number of hydrogen-bond donors (Lipinski definition) is 1. The number of hydrogen-bond acceptors (Lipinski definition) is 4. The van der Waals surface area contributed by atoms with E-state index in [-0.39, 0.29) is 18.5 Å². The lowest BCUT2D eigenvalue weighted by Gasteiger charge is -2.14. The van der Waals surface area contributed by atoms with Gasteiger partial charge in [-0.1, -0.05) is 42.5 Å². The zero-order valence-corrected chi connectivity index (χ0v) is 12.3. The highest BCUT2D eigenvalue weighted by Gasteiger charge is 2.09. The van der Waals surface area contributed by atoms with Crippen molar-refractivity contribution in [2.75, 3.05) is 0 Å². The van der Waals surface area contributed by atoms with E-state index in [1.54, 1.807) is 0 Å². The molecule has 1 heterocycles. The Morgan fingerprint density at radius 1 is 1.23 bits per heavy atom. The Morgan fingerprint density at radius 3 is 2.82 bits per heavy atom. The largest absolute Gasteiger partial charge is 0.352 e. The van der Waals surface area contributed by atoms with Crippen molar-refractivity contribution in [1.82, 2.24) is 25.5 Å². The molecule has 1 unspecified atom stereocenters. The second kappa shape index (κ2) is 6.34. The average Bonchev–Trinajstić information content (AvgIpc) is 2.99. The Bertz CT molecular complexity index is 769. The molecule has 0 aliphatic rings. The van der Waals surface area contributed by atoms with Crippen LogP contribution in [0.3, 0.4) is 0 Å². The summed E-state index contributed by atoms with van der Waals surface area (Å²) < 4.78 is 1.40. The molecule has 22 heavy (non-hydrogen) atoms. The van der Waals surface area contributed by atoms with E-state index in [2.05, 4.69) is 51.2 Å². The molecule has 0 fully saturated rings. The fraction of sp³-hybridized carbons (Fsp3) is 0.250. The quantitative estimate of drug-likeness (QED) is 0.775. The van der Waals surface area contributed by atoms with E-state index < -0.39 is 0 Å². The number of benzene rings is 2. The first-order valence-electron chi connectivity index (χ1n) is 7.18. The highest BCUT2D eigenvalue weighted by Crippen LogP contribution is 2.16. The van der Waals surface area contributed by atoms with Gasteiger partial charge in [-0.2, -0.15) is 0 Å². The van der Waals surface area contributed by atoms with Crippen LogP contribution in [0.25, 0.3) is 10.8 Å². The van der Waals surface area contributed by atoms with E-state index in [1.807, 2.05) is 19.1 Å². The minimum atomic E-state index is -0.0967. The summed E-state index contributed by atoms with van der Waals surface area (Å²) in [5.74, 6) is -0.0967. The zero-order chi connectivity index (χ0) is 15.4. The van der Waals surface area contributed by atoms with Gasteiger partial charge in [0, 0.05) is 6.04 Å². The number of rotatable bonds is 5. The molecule has 0 bridgehead atoms. The van der Waals surface area contributed by atoms with Gasteiger partial charge in [0.1, 0.15) is 12.9 Å². The van der Waals surface area contributed by atoms with Gasteiger partial charge in [0.2, 0.25) is 5.91 Å². The fourth-order valence-electron chi connectivity index (χ4n) is 2.49. The zero-order valence-electron chi connectivity index (χ0n) is 12.3. The third-order valence-corrected chi connectivity index (χ3v) is 3.46. The van der Waals surface area contributed by atoms with Crippen LogP contribution in [-0.4, -0.2) is 32.2 Å². The number of carbonyl (C=O) groups is 1. The molecular formula is C16H17N5O. The lowest BCUT2D eigenvalue weighted by atomic mass is 10.0. The van der Waals surface area contributed by atoms with Crippen molar-refractivity contribution in [3.05, 3.63) is 54.4 Å². The van der Waals surface area contributed by atoms with Gasteiger partial charge in [0.15, 0.2) is 0 Å². The molecule has 1 atom stereocenters. The van der Waals surface area contributed by atoms with Crippen LogP contribution >= 0.6 is 0 Å². The molecule has 2 aromatic carbocycles. The topological polar surface area (TPSA) is 72.7 Å². The Hall–Kier alpha value is -2.76. The van der Waals surface area contributed by atoms with Crippen LogP contribution in [-0.2, 0) is 17.8 Å². The van der Waals surface area contributed by atoms with Crippen LogP contribution in [0.1, 0.15) is 12.5 Å². The molecular weight excluding hydrogens is 278 g/mol. The molecule has 6 nitrogen and oxygen atoms in total. The van der Waals surface area contributed by atoms with E-state index in [4.69, 9.17) is 0 Å². The predicted molar refractivity (Wildman–Crippen MR) is 83.1 cm³/mol. The highest BCUT2D eigenvalue weighted by molar-refractivity contribution is 5.83. The summed E-state index contributed by atoms with van der Waals surface area (Å²) in [5.41, 5.74) is 1.20. The average molecular weight is 295 g/mol. The summed E-state index contributed by atoms with van der Waals surface area (Å²) in [5, 5.41) is 16.1. The third kappa shape index (κ3) is 3.46. The van der Waals surface area contributed by atoms with E-state index in [9.17, 15) is 4.79 Å². The van der Waals surface area contributed by atoms with Crippen LogP contribution in [0.2, 0.25) is 0 Å². The monoisotopic (exact) mass is 295 g/mol. The molecule has 3 rings (SSSR count). The van der Waals surface area contributed by atoms with Crippen molar-refractivity contribution in [2.24, 2.45) is 0 Å². The highest BCUT2D eigenvalue weighted by atomic mass is 16.2. The molecule has 0 saturated carbocycles. The predicted octanol–water partition coefficient (Wildman–Crippen LogP) is 1.57. The summed E-state index contributed by atoms with van der Waals surface area (Å²) in [7, 11) is 0. The van der Waals surface area contributed by atoms with Gasteiger partial charge in [0.05, 0.1) is 0 Å². The Balaban J connectivity index is 1.60. The molecule has 0 spiro atoms. The van der Waals surface area contributed by atoms with Crippen molar-refractivity contribution in [2.45, 2.75) is 25.9 Å². The molecule has 112 valence electrons. The Morgan fingerprint density at radius 2 is 2.05 bits per heavy atom. The minimum Gasteiger partial charge on any atom is -0.352 e. The number of fused-ring (bicyclic) bond motifs is 1. The van der Waals surface area contributed by atoms with E-state index in [0.717, 1.165) is 6.42 Å². The first-order valence-corrected chi connectivity index (χ1v) is 7.18. The van der Waals surface area contributed by atoms with Crippen molar-refractivity contribution in [1.29, 1.82) is 0 Å². The van der Waals surface area contributed by atoms with Crippen LogP contribution in [0.5, 0.6) is 0 Å². The number of aromatic nitrogens is 4. The van der Waals surface area contributed by atoms with Crippen molar-refractivity contribution in [3.63, 3.8) is 0 Å². The van der Waals surface area contributed by atoms with E-state index in [1.165, 1.54) is 27.3 Å². The first kappa shape index (κ1) is 14.2. The normalized spacial score (nSPS) is 12.2. The smallest absolute Gasteiger partial charge is 0.242 e. The number of tetrazole rings is 1. The maximum absolute atomic E-state index is 11.9. The fourth-order valence-corrected chi connectivity index (χ4v) is 2.49. The maximum Gasteiger partial charge on any atom is 0.242 e. The number of nitrogens with zero attached hydrogens (tertiary/aromatic N) is 4. The molecule has 6 heteroatoms. The van der Waals surface area contributed by atoms with Crippen LogP contribution in [0.4, 0.5) is 0 Å². The second-order valence-corrected chi connectivity index (χ2v) is 5.36. The molecule has 0 aliphatic carbocycles. The minimum absolute atomic E-state index is 0.0464. The first-order chi connectivity index (χ1) is 10.7. The second-order valence-electron chi connectivity index (χ2n) is 5.36. The van der Waals surface area contributed by atoms with Gasteiger partial charge in [-0.25, -0.2) is 4.68 Å². The van der Waals surface area contributed by atoms with Gasteiger partial charge < -0.3 is 5.32 Å². The van der Waals surface area contributed by atoms with Crippen LogP contribution in [0.15, 0.2) is 48.8 Å². The van der Waals surface area contributed by atoms with Gasteiger partial charge in [-0.05, 0) is 40.1 Å². The van der Waals surface area contributed by atoms with Crippen LogP contribution in [0, 0.1) is 0 Å².